The Morgan fingerprint density at radius 1 is 1.11 bits per heavy atom. The molecular formula is C27H32F2N4O3S. The van der Waals surface area contributed by atoms with E-state index in [1.165, 1.54) is 6.07 Å². The predicted octanol–water partition coefficient (Wildman–Crippen LogP) is 3.73. The van der Waals surface area contributed by atoms with Gasteiger partial charge in [0.1, 0.15) is 11.6 Å². The van der Waals surface area contributed by atoms with Crippen LogP contribution in [0.4, 0.5) is 8.78 Å². The molecule has 1 aliphatic carbocycles. The third-order valence-corrected chi connectivity index (χ3v) is 11.0. The maximum Gasteiger partial charge on any atom is 0.163 e. The summed E-state index contributed by atoms with van der Waals surface area (Å²) in [4.78, 5) is 0. The fraction of sp³-hybridized carbons (Fsp3) is 0.481. The van der Waals surface area contributed by atoms with E-state index in [1.54, 1.807) is 37.4 Å². The van der Waals surface area contributed by atoms with E-state index in [-0.39, 0.29) is 36.6 Å². The van der Waals surface area contributed by atoms with Crippen molar-refractivity contribution in [3.8, 4) is 0 Å². The summed E-state index contributed by atoms with van der Waals surface area (Å²) >= 11 is 0. The molecule has 0 bridgehead atoms. The minimum atomic E-state index is -3.67. The number of aromatic nitrogens is 3. The first-order valence-electron chi connectivity index (χ1n) is 12.7. The van der Waals surface area contributed by atoms with Gasteiger partial charge in [-0.3, -0.25) is 0 Å². The molecule has 0 radical (unpaired) electrons. The highest BCUT2D eigenvalue weighted by molar-refractivity contribution is 7.92. The predicted molar refractivity (Wildman–Crippen MR) is 136 cm³/mol. The average Bonchev–Trinajstić information content (AvgIpc) is 3.44. The molecule has 1 aliphatic heterocycles. The van der Waals surface area contributed by atoms with Gasteiger partial charge in [-0.25, -0.2) is 17.2 Å². The van der Waals surface area contributed by atoms with E-state index in [0.717, 1.165) is 11.8 Å². The maximum atomic E-state index is 15.5. The summed E-state index contributed by atoms with van der Waals surface area (Å²) < 4.78 is 58.1. The fourth-order valence-corrected chi connectivity index (χ4v) is 8.42. The summed E-state index contributed by atoms with van der Waals surface area (Å²) in [5.74, 6) is -1.11. The van der Waals surface area contributed by atoms with Crippen molar-refractivity contribution < 1.29 is 22.3 Å². The Bertz CT molecular complexity index is 1330. The van der Waals surface area contributed by atoms with Gasteiger partial charge in [0.15, 0.2) is 9.84 Å². The molecular weight excluding hydrogens is 498 g/mol. The molecule has 1 saturated heterocycles. The van der Waals surface area contributed by atoms with Crippen LogP contribution >= 0.6 is 0 Å². The molecule has 5 rings (SSSR count). The molecule has 3 atom stereocenters. The lowest BCUT2D eigenvalue weighted by Crippen LogP contribution is -2.53. The van der Waals surface area contributed by atoms with Gasteiger partial charge >= 0.3 is 0 Å². The van der Waals surface area contributed by atoms with E-state index in [0.29, 0.717) is 31.2 Å². The topological polar surface area (TPSA) is 108 Å². The first-order valence-corrected chi connectivity index (χ1v) is 14.3. The molecule has 3 N–H and O–H groups in total. The number of hydrogen-bond donors (Lipinski definition) is 3. The summed E-state index contributed by atoms with van der Waals surface area (Å²) in [6, 6.07) is 10.8. The lowest BCUT2D eigenvalue weighted by Gasteiger charge is -2.39. The Labute approximate surface area is 215 Å². The number of hydrogen-bond acceptors (Lipinski definition) is 6. The van der Waals surface area contributed by atoms with Crippen LogP contribution in [-0.2, 0) is 21.7 Å². The first kappa shape index (κ1) is 25.9. The van der Waals surface area contributed by atoms with Crippen LogP contribution < -0.4 is 5.32 Å². The van der Waals surface area contributed by atoms with Crippen molar-refractivity contribution in [2.75, 3.05) is 13.2 Å². The zero-order chi connectivity index (χ0) is 26.2. The Balaban J connectivity index is 1.39. The summed E-state index contributed by atoms with van der Waals surface area (Å²) in [6.45, 7) is 1.74. The van der Waals surface area contributed by atoms with Gasteiger partial charge in [-0.05, 0) is 67.9 Å². The zero-order valence-electron chi connectivity index (χ0n) is 20.7. The highest BCUT2D eigenvalue weighted by atomic mass is 32.2. The molecule has 2 fully saturated rings. The highest BCUT2D eigenvalue weighted by Gasteiger charge is 2.44. The molecule has 0 spiro atoms. The number of H-pyrrole nitrogens is 1. The van der Waals surface area contributed by atoms with Gasteiger partial charge < -0.3 is 10.4 Å². The Hall–Kier alpha value is -2.69. The fourth-order valence-electron chi connectivity index (χ4n) is 6.06. The molecule has 2 heterocycles. The maximum absolute atomic E-state index is 15.5. The van der Waals surface area contributed by atoms with Gasteiger partial charge in [0.25, 0.3) is 0 Å². The number of aromatic amines is 1. The van der Waals surface area contributed by atoms with E-state index in [2.05, 4.69) is 20.7 Å². The lowest BCUT2D eigenvalue weighted by molar-refractivity contribution is 0.140. The second kappa shape index (κ2) is 10.2. The quantitative estimate of drug-likeness (QED) is 0.448. The average molecular weight is 531 g/mol. The third kappa shape index (κ3) is 4.82. The summed E-state index contributed by atoms with van der Waals surface area (Å²) in [5, 5.41) is 22.5. The van der Waals surface area contributed by atoms with Crippen LogP contribution in [0.2, 0.25) is 0 Å². The molecule has 3 aromatic rings. The zero-order valence-corrected chi connectivity index (χ0v) is 21.5. The number of halogens is 2. The van der Waals surface area contributed by atoms with Crippen LogP contribution in [0.25, 0.3) is 0 Å². The van der Waals surface area contributed by atoms with Gasteiger partial charge in [-0.1, -0.05) is 30.3 Å². The number of sulfone groups is 1. The van der Waals surface area contributed by atoms with Gasteiger partial charge in [-0.2, -0.15) is 15.4 Å². The van der Waals surface area contributed by atoms with Crippen molar-refractivity contribution >= 4 is 9.84 Å². The molecule has 37 heavy (non-hydrogen) atoms. The van der Waals surface area contributed by atoms with Gasteiger partial charge in [-0.15, -0.1) is 0 Å². The molecule has 1 unspecified atom stereocenters. The second-order valence-electron chi connectivity index (χ2n) is 10.5. The van der Waals surface area contributed by atoms with E-state index >= 15 is 8.78 Å². The third-order valence-electron chi connectivity index (χ3n) is 8.40. The second-order valence-corrected chi connectivity index (χ2v) is 12.8. The van der Waals surface area contributed by atoms with E-state index in [1.807, 2.05) is 6.07 Å². The Kier molecular flexibility index (Phi) is 7.17. The number of nitrogens with one attached hydrogen (secondary N) is 2. The van der Waals surface area contributed by atoms with E-state index < -0.39 is 43.4 Å². The van der Waals surface area contributed by atoms with E-state index in [9.17, 15) is 13.5 Å². The summed E-state index contributed by atoms with van der Waals surface area (Å²) in [5.41, 5.74) is 0.795. The molecule has 0 amide bonds. The minimum absolute atomic E-state index is 0.0292. The van der Waals surface area contributed by atoms with Crippen molar-refractivity contribution in [2.45, 2.75) is 66.9 Å². The number of rotatable bonds is 6. The molecule has 198 valence electrons. The van der Waals surface area contributed by atoms with Crippen LogP contribution in [0.1, 0.15) is 66.2 Å². The highest BCUT2D eigenvalue weighted by Crippen LogP contribution is 2.45. The molecule has 2 aliphatic rings. The molecule has 1 aromatic heterocycles. The van der Waals surface area contributed by atoms with Crippen LogP contribution in [0, 0.1) is 11.6 Å². The monoisotopic (exact) mass is 530 g/mol. The SMILES string of the molecule is C[C@@H]1NC[C@@H](c2ccccc2)S(=O)(=O)C1Cc1cc(F)c(C2(CO)CCC(c3cn[nH]n3)CC2)cc1F. The molecule has 1 saturated carbocycles. The number of nitrogens with zero attached hydrogens (tertiary/aromatic N) is 2. The largest absolute Gasteiger partial charge is 0.395 e. The van der Waals surface area contributed by atoms with Gasteiger partial charge in [0, 0.05) is 23.9 Å². The number of aliphatic hydroxyl groups is 1. The molecule has 2 aromatic carbocycles. The van der Waals surface area contributed by atoms with Crippen LogP contribution in [0.5, 0.6) is 0 Å². The smallest absolute Gasteiger partial charge is 0.163 e. The Morgan fingerprint density at radius 2 is 1.84 bits per heavy atom. The van der Waals surface area contributed by atoms with Crippen molar-refractivity contribution in [3.05, 3.63) is 82.7 Å². The minimum Gasteiger partial charge on any atom is -0.395 e. The van der Waals surface area contributed by atoms with Crippen molar-refractivity contribution in [3.63, 3.8) is 0 Å². The summed E-state index contributed by atoms with van der Waals surface area (Å²) in [7, 11) is -3.67. The summed E-state index contributed by atoms with van der Waals surface area (Å²) in [6.07, 6.45) is 3.83. The van der Waals surface area contributed by atoms with Crippen molar-refractivity contribution in [1.29, 1.82) is 0 Å². The van der Waals surface area contributed by atoms with Gasteiger partial charge in [0.05, 0.1) is 29.0 Å². The number of aliphatic hydroxyl groups excluding tert-OH is 1. The number of benzene rings is 2. The van der Waals surface area contributed by atoms with Crippen molar-refractivity contribution in [2.24, 2.45) is 0 Å². The van der Waals surface area contributed by atoms with E-state index in [4.69, 9.17) is 0 Å². The molecule has 7 nitrogen and oxygen atoms in total. The normalized spacial score (nSPS) is 29.7. The first-order chi connectivity index (χ1) is 17.7. The Morgan fingerprint density at radius 3 is 2.49 bits per heavy atom. The van der Waals surface area contributed by atoms with Crippen LogP contribution in [0.3, 0.4) is 0 Å². The van der Waals surface area contributed by atoms with Crippen LogP contribution in [-0.4, -0.2) is 53.4 Å². The molecule has 10 heteroatoms. The standard InChI is InChI=1S/C27H32F2N4O3S/c1-17-25(37(35,36)26(15-30-17)19-5-3-2-4-6-19)12-20-11-23(29)21(13-22(20)28)27(16-34)9-7-18(8-10-27)24-14-31-33-32-24/h2-6,11,13-14,17-18,25-26,30,34H,7-10,12,15-16H2,1H3,(H,31,32,33)/t17-,18?,25?,26-,27?/m0/s1. The van der Waals surface area contributed by atoms with Crippen molar-refractivity contribution in [1.82, 2.24) is 20.7 Å². The van der Waals surface area contributed by atoms with Crippen LogP contribution in [0.15, 0.2) is 48.7 Å². The lowest BCUT2D eigenvalue weighted by atomic mass is 9.66. The van der Waals surface area contributed by atoms with Gasteiger partial charge in [0.2, 0.25) is 0 Å².